The lowest BCUT2D eigenvalue weighted by atomic mass is 9.98. The van der Waals surface area contributed by atoms with E-state index in [1.54, 1.807) is 0 Å². The predicted octanol–water partition coefficient (Wildman–Crippen LogP) is 3.75. The third kappa shape index (κ3) is 1.57. The third-order valence-corrected chi connectivity index (χ3v) is 2.60. The van der Waals surface area contributed by atoms with Gasteiger partial charge in [-0.3, -0.25) is 0 Å². The van der Waals surface area contributed by atoms with Gasteiger partial charge in [-0.2, -0.15) is 0 Å². The fraction of sp³-hybridized carbons (Fsp3) is 0.231. The first-order valence-electron chi connectivity index (χ1n) is 4.73. The molecule has 1 aromatic rings. The monoisotopic (exact) mass is 170 g/mol. The molecule has 0 heterocycles. The van der Waals surface area contributed by atoms with Gasteiger partial charge in [0, 0.05) is 0 Å². The molecule has 0 saturated heterocycles. The first kappa shape index (κ1) is 8.31. The quantitative estimate of drug-likeness (QED) is 0.648. The third-order valence-electron chi connectivity index (χ3n) is 2.60. The van der Waals surface area contributed by atoms with Gasteiger partial charge in [-0.1, -0.05) is 43.5 Å². The van der Waals surface area contributed by atoms with Crippen LogP contribution < -0.4 is 0 Å². The zero-order valence-corrected chi connectivity index (χ0v) is 7.79. The fourth-order valence-electron chi connectivity index (χ4n) is 1.62. The van der Waals surface area contributed by atoms with E-state index in [2.05, 4.69) is 31.4 Å². The Morgan fingerprint density at radius 3 is 2.62 bits per heavy atom. The van der Waals surface area contributed by atoms with Gasteiger partial charge in [0.15, 0.2) is 0 Å². The molecular weight excluding hydrogens is 156 g/mol. The maximum absolute atomic E-state index is 4.15. The van der Waals surface area contributed by atoms with Gasteiger partial charge in [0.1, 0.15) is 0 Å². The van der Waals surface area contributed by atoms with Crippen molar-refractivity contribution < 1.29 is 0 Å². The van der Waals surface area contributed by atoms with Crippen molar-refractivity contribution in [3.8, 4) is 0 Å². The van der Waals surface area contributed by atoms with E-state index in [0.717, 1.165) is 5.92 Å². The van der Waals surface area contributed by atoms with Crippen molar-refractivity contribution in [1.82, 2.24) is 0 Å². The van der Waals surface area contributed by atoms with Crippen LogP contribution in [0.25, 0.3) is 11.6 Å². The standard InChI is InChI=1S/C13H14/c1-3-11-6-4-5-7-13(11)10(2)12-8-9-12/h3-7,12H,1-2,8-9H2. The minimum Gasteiger partial charge on any atom is -0.0984 e. The van der Waals surface area contributed by atoms with Crippen molar-refractivity contribution in [3.05, 3.63) is 48.6 Å². The van der Waals surface area contributed by atoms with Crippen molar-refractivity contribution >= 4 is 11.6 Å². The Morgan fingerprint density at radius 1 is 1.31 bits per heavy atom. The van der Waals surface area contributed by atoms with E-state index >= 15 is 0 Å². The van der Waals surface area contributed by atoms with Gasteiger partial charge in [-0.25, -0.2) is 0 Å². The topological polar surface area (TPSA) is 0 Å². The highest BCUT2D eigenvalue weighted by Gasteiger charge is 2.25. The molecule has 0 nitrogen and oxygen atoms in total. The first-order chi connectivity index (χ1) is 6.33. The van der Waals surface area contributed by atoms with Gasteiger partial charge in [0.2, 0.25) is 0 Å². The molecule has 2 rings (SSSR count). The Kier molecular flexibility index (Phi) is 2.05. The summed E-state index contributed by atoms with van der Waals surface area (Å²) >= 11 is 0. The minimum absolute atomic E-state index is 0.737. The second kappa shape index (κ2) is 3.21. The normalized spacial score (nSPS) is 15.4. The summed E-state index contributed by atoms with van der Waals surface area (Å²) < 4.78 is 0. The summed E-state index contributed by atoms with van der Waals surface area (Å²) in [5.41, 5.74) is 3.77. The molecule has 1 aliphatic rings. The number of hydrogen-bond acceptors (Lipinski definition) is 0. The highest BCUT2D eigenvalue weighted by atomic mass is 14.3. The van der Waals surface area contributed by atoms with Gasteiger partial charge in [-0.15, -0.1) is 0 Å². The average Bonchev–Trinajstić information content (AvgIpc) is 3.00. The smallest absolute Gasteiger partial charge is 0.0155 e. The lowest BCUT2D eigenvalue weighted by molar-refractivity contribution is 1.15. The Balaban J connectivity index is 2.37. The molecule has 0 unspecified atom stereocenters. The molecule has 13 heavy (non-hydrogen) atoms. The number of hydrogen-bond donors (Lipinski definition) is 0. The first-order valence-corrected chi connectivity index (χ1v) is 4.73. The fourth-order valence-corrected chi connectivity index (χ4v) is 1.62. The molecule has 1 aliphatic carbocycles. The van der Waals surface area contributed by atoms with Crippen LogP contribution in [0, 0.1) is 5.92 Å². The molecule has 0 N–H and O–H groups in total. The second-order valence-electron chi connectivity index (χ2n) is 3.59. The summed E-state index contributed by atoms with van der Waals surface area (Å²) in [7, 11) is 0. The van der Waals surface area contributed by atoms with Crippen LogP contribution in [0.1, 0.15) is 24.0 Å². The number of rotatable bonds is 3. The zero-order valence-electron chi connectivity index (χ0n) is 7.79. The molecule has 0 spiro atoms. The maximum Gasteiger partial charge on any atom is -0.0155 e. The summed E-state index contributed by atoms with van der Waals surface area (Å²) in [5, 5.41) is 0. The molecule has 0 aromatic heterocycles. The maximum atomic E-state index is 4.15. The molecule has 0 amide bonds. The molecular formula is C13H14. The largest absolute Gasteiger partial charge is 0.0984 e. The van der Waals surface area contributed by atoms with Crippen LogP contribution in [0.4, 0.5) is 0 Å². The van der Waals surface area contributed by atoms with Crippen LogP contribution >= 0.6 is 0 Å². The molecule has 0 heteroatoms. The summed E-state index contributed by atoms with van der Waals surface area (Å²) in [5.74, 6) is 0.737. The molecule has 0 aliphatic heterocycles. The Morgan fingerprint density at radius 2 is 2.00 bits per heavy atom. The van der Waals surface area contributed by atoms with E-state index < -0.39 is 0 Å². The Labute approximate surface area is 79.6 Å². The highest BCUT2D eigenvalue weighted by Crippen LogP contribution is 2.41. The number of allylic oxidation sites excluding steroid dienone is 1. The van der Waals surface area contributed by atoms with Gasteiger partial charge in [-0.05, 0) is 35.5 Å². The zero-order chi connectivity index (χ0) is 9.26. The summed E-state index contributed by atoms with van der Waals surface area (Å²) in [4.78, 5) is 0. The molecule has 66 valence electrons. The molecule has 0 radical (unpaired) electrons. The van der Waals surface area contributed by atoms with E-state index in [0.29, 0.717) is 0 Å². The van der Waals surface area contributed by atoms with Gasteiger partial charge >= 0.3 is 0 Å². The van der Waals surface area contributed by atoms with Crippen LogP contribution in [-0.2, 0) is 0 Å². The van der Waals surface area contributed by atoms with Crippen LogP contribution in [0.3, 0.4) is 0 Å². The summed E-state index contributed by atoms with van der Waals surface area (Å²) in [6.07, 6.45) is 4.53. The second-order valence-corrected chi connectivity index (χ2v) is 3.59. The lowest BCUT2D eigenvalue weighted by Crippen LogP contribution is -1.88. The van der Waals surface area contributed by atoms with Crippen molar-refractivity contribution in [2.45, 2.75) is 12.8 Å². The van der Waals surface area contributed by atoms with E-state index in [-0.39, 0.29) is 0 Å². The Bertz CT molecular complexity index is 343. The average molecular weight is 170 g/mol. The number of benzene rings is 1. The lowest BCUT2D eigenvalue weighted by Gasteiger charge is -2.07. The Hall–Kier alpha value is -1.30. The van der Waals surface area contributed by atoms with E-state index in [4.69, 9.17) is 0 Å². The van der Waals surface area contributed by atoms with Crippen molar-refractivity contribution in [1.29, 1.82) is 0 Å². The van der Waals surface area contributed by atoms with Crippen LogP contribution in [0.5, 0.6) is 0 Å². The van der Waals surface area contributed by atoms with Crippen molar-refractivity contribution in [2.75, 3.05) is 0 Å². The van der Waals surface area contributed by atoms with Gasteiger partial charge < -0.3 is 0 Å². The predicted molar refractivity (Wildman–Crippen MR) is 58.3 cm³/mol. The van der Waals surface area contributed by atoms with E-state index in [1.165, 1.54) is 29.5 Å². The molecule has 1 aromatic carbocycles. The molecule has 0 bridgehead atoms. The van der Waals surface area contributed by atoms with Crippen LogP contribution in [0.2, 0.25) is 0 Å². The molecule has 1 fully saturated rings. The SMILES string of the molecule is C=Cc1ccccc1C(=C)C1CC1. The van der Waals surface area contributed by atoms with Crippen LogP contribution in [-0.4, -0.2) is 0 Å². The van der Waals surface area contributed by atoms with Crippen LogP contribution in [0.15, 0.2) is 37.4 Å². The highest BCUT2D eigenvalue weighted by molar-refractivity contribution is 5.74. The minimum atomic E-state index is 0.737. The summed E-state index contributed by atoms with van der Waals surface area (Å²) in [6.45, 7) is 7.96. The van der Waals surface area contributed by atoms with Crippen molar-refractivity contribution in [3.63, 3.8) is 0 Å². The van der Waals surface area contributed by atoms with E-state index in [9.17, 15) is 0 Å². The summed E-state index contributed by atoms with van der Waals surface area (Å²) in [6, 6.07) is 8.34. The van der Waals surface area contributed by atoms with Gasteiger partial charge in [0.05, 0.1) is 0 Å². The van der Waals surface area contributed by atoms with Crippen molar-refractivity contribution in [2.24, 2.45) is 5.92 Å². The van der Waals surface area contributed by atoms with Gasteiger partial charge in [0.25, 0.3) is 0 Å². The van der Waals surface area contributed by atoms with E-state index in [1.807, 2.05) is 12.1 Å². The molecule has 0 atom stereocenters. The molecule has 1 saturated carbocycles.